The molecule has 2 heterocycles. The van der Waals surface area contributed by atoms with E-state index in [2.05, 4.69) is 15.4 Å². The summed E-state index contributed by atoms with van der Waals surface area (Å²) in [6.07, 6.45) is -7.64. The molecule has 3 unspecified atom stereocenters. The van der Waals surface area contributed by atoms with E-state index in [-0.39, 0.29) is 18.5 Å². The fourth-order valence-electron chi connectivity index (χ4n) is 4.06. The van der Waals surface area contributed by atoms with Crippen molar-refractivity contribution in [3.63, 3.8) is 0 Å². The van der Waals surface area contributed by atoms with E-state index in [9.17, 15) is 24.1 Å². The molecule has 1 saturated heterocycles. The first kappa shape index (κ1) is 36.2. The monoisotopic (exact) mass is 660 g/mol. The van der Waals surface area contributed by atoms with Gasteiger partial charge >= 0.3 is 31.3 Å². The number of aliphatic hydroxyl groups is 1. The van der Waals surface area contributed by atoms with E-state index in [0.29, 0.717) is 10.1 Å². The third-order valence-corrected chi connectivity index (χ3v) is 8.00. The van der Waals surface area contributed by atoms with Gasteiger partial charge in [0.25, 0.3) is 0 Å². The zero-order valence-corrected chi connectivity index (χ0v) is 26.6. The summed E-state index contributed by atoms with van der Waals surface area (Å²) < 4.78 is 70.9. The molecule has 45 heavy (non-hydrogen) atoms. The summed E-state index contributed by atoms with van der Waals surface area (Å²) in [7, 11) is -4.70. The van der Waals surface area contributed by atoms with Crippen LogP contribution in [-0.2, 0) is 44.0 Å². The van der Waals surface area contributed by atoms with Gasteiger partial charge in [-0.3, -0.25) is 18.4 Å². The second kappa shape index (κ2) is 15.3. The highest BCUT2D eigenvalue weighted by molar-refractivity contribution is 7.51. The van der Waals surface area contributed by atoms with Gasteiger partial charge in [0, 0.05) is 12.2 Å². The molecular formula is C28H39F2N4O10P. The first-order chi connectivity index (χ1) is 21.0. The Balaban J connectivity index is 1.76. The van der Waals surface area contributed by atoms with Crippen LogP contribution >= 0.6 is 7.75 Å². The molecule has 0 saturated carbocycles. The molecule has 0 amide bonds. The number of carbonyl (C=O) groups excluding carboxylic acids is 2. The quantitative estimate of drug-likeness (QED) is 0.188. The lowest BCUT2D eigenvalue weighted by Crippen LogP contribution is -2.42. The third-order valence-electron chi connectivity index (χ3n) is 6.22. The average Bonchev–Trinajstić information content (AvgIpc) is 3.18. The zero-order valence-electron chi connectivity index (χ0n) is 25.7. The molecular weight excluding hydrogens is 621 g/mol. The molecule has 250 valence electrons. The van der Waals surface area contributed by atoms with Crippen molar-refractivity contribution in [3.8, 4) is 0 Å². The summed E-state index contributed by atoms with van der Waals surface area (Å²) in [6.45, 7) is 8.17. The van der Waals surface area contributed by atoms with Crippen LogP contribution in [0, 0.1) is 0 Å². The maximum atomic E-state index is 15.2. The van der Waals surface area contributed by atoms with Gasteiger partial charge in [0.05, 0.1) is 12.7 Å². The molecule has 2 aromatic rings. The number of alkyl halides is 2. The first-order valence-electron chi connectivity index (χ1n) is 14.2. The number of carbonyl (C=O) groups is 2. The van der Waals surface area contributed by atoms with Crippen LogP contribution in [0.5, 0.6) is 0 Å². The van der Waals surface area contributed by atoms with Crippen molar-refractivity contribution in [2.24, 2.45) is 0 Å². The number of aromatic nitrogens is 2. The number of ether oxygens (including phenoxy) is 3. The minimum Gasteiger partial charge on any atom is -0.462 e. The van der Waals surface area contributed by atoms with Crippen LogP contribution < -0.4 is 16.1 Å². The van der Waals surface area contributed by atoms with Crippen molar-refractivity contribution in [2.45, 2.75) is 96.8 Å². The van der Waals surface area contributed by atoms with Gasteiger partial charge in [0.15, 0.2) is 12.2 Å². The number of esters is 2. The molecule has 0 bridgehead atoms. The third kappa shape index (κ3) is 9.86. The van der Waals surface area contributed by atoms with Crippen molar-refractivity contribution in [1.29, 1.82) is 0 Å². The number of anilines is 1. The summed E-state index contributed by atoms with van der Waals surface area (Å²) in [5.74, 6) is -5.64. The maximum Gasteiger partial charge on any atom is 0.407 e. The highest BCUT2D eigenvalue weighted by Crippen LogP contribution is 2.48. The van der Waals surface area contributed by atoms with Gasteiger partial charge in [-0.25, -0.2) is 19.2 Å². The van der Waals surface area contributed by atoms with E-state index >= 15 is 8.78 Å². The van der Waals surface area contributed by atoms with Gasteiger partial charge < -0.3 is 24.6 Å². The van der Waals surface area contributed by atoms with E-state index in [1.54, 1.807) is 58.0 Å². The van der Waals surface area contributed by atoms with Crippen LogP contribution in [0.15, 0.2) is 47.4 Å². The van der Waals surface area contributed by atoms with E-state index in [0.717, 1.165) is 6.20 Å². The number of nitrogens with one attached hydrogen (secondary N) is 2. The number of rotatable bonds is 15. The lowest BCUT2D eigenvalue weighted by Gasteiger charge is -2.26. The Labute approximate surface area is 258 Å². The lowest BCUT2D eigenvalue weighted by atomic mass is 10.1. The Bertz CT molecular complexity index is 1410. The maximum absolute atomic E-state index is 15.2. The van der Waals surface area contributed by atoms with Gasteiger partial charge in [0.2, 0.25) is 6.23 Å². The smallest absolute Gasteiger partial charge is 0.407 e. The second-order valence-corrected chi connectivity index (χ2v) is 12.6. The summed E-state index contributed by atoms with van der Waals surface area (Å²) >= 11 is 0. The molecule has 1 aromatic carbocycles. The summed E-state index contributed by atoms with van der Waals surface area (Å²) in [5, 5.41) is 15.6. The summed E-state index contributed by atoms with van der Waals surface area (Å²) in [5.41, 5.74) is -0.404. The Morgan fingerprint density at radius 1 is 1.11 bits per heavy atom. The zero-order chi connectivity index (χ0) is 33.5. The molecule has 6 atom stereocenters. The minimum atomic E-state index is -4.70. The number of nitrogens with zero attached hydrogens (tertiary/aromatic N) is 2. The number of benzene rings is 1. The topological polar surface area (TPSA) is 177 Å². The van der Waals surface area contributed by atoms with Crippen molar-refractivity contribution in [1.82, 2.24) is 14.6 Å². The molecule has 1 aliphatic rings. The standard InChI is InChI=1S/C28H39F2N4O10P/c1-16(2)31-22-12-13-34(27(38)32-22)26-28(29,30)23(35)21(43-26)15-41-45(39,33-18(5)24(36)42-17(3)4)44-19(6)25(37)40-14-20-10-8-7-9-11-20/h7-13,16-19,21,23,26,35H,14-15H2,1-6H3,(H,33,39)(H,31,32,38)/t18?,19?,21-,23-,26-,45?/m1/s1. The number of halogens is 2. The van der Waals surface area contributed by atoms with Gasteiger partial charge in [-0.2, -0.15) is 13.8 Å². The number of hydrogen-bond donors (Lipinski definition) is 3. The molecule has 3 rings (SSSR count). The van der Waals surface area contributed by atoms with Crippen LogP contribution in [0.25, 0.3) is 0 Å². The van der Waals surface area contributed by atoms with Crippen LogP contribution in [0.3, 0.4) is 0 Å². The van der Waals surface area contributed by atoms with Crippen molar-refractivity contribution >= 4 is 25.5 Å². The van der Waals surface area contributed by atoms with Crippen LogP contribution in [0.1, 0.15) is 53.3 Å². The van der Waals surface area contributed by atoms with Gasteiger partial charge in [-0.05, 0) is 53.2 Å². The Hall–Kier alpha value is -3.27. The largest absolute Gasteiger partial charge is 0.462 e. The van der Waals surface area contributed by atoms with Crippen molar-refractivity contribution < 1.29 is 51.3 Å². The van der Waals surface area contributed by atoms with E-state index in [1.165, 1.54) is 19.9 Å². The van der Waals surface area contributed by atoms with Crippen LogP contribution in [0.2, 0.25) is 0 Å². The molecule has 1 aromatic heterocycles. The molecule has 17 heteroatoms. The van der Waals surface area contributed by atoms with Crippen molar-refractivity contribution in [3.05, 3.63) is 58.6 Å². The number of hydrogen-bond acceptors (Lipinski definition) is 12. The average molecular weight is 661 g/mol. The predicted molar refractivity (Wildman–Crippen MR) is 156 cm³/mol. The van der Waals surface area contributed by atoms with E-state index in [4.69, 9.17) is 23.3 Å². The van der Waals surface area contributed by atoms with E-state index in [1.807, 2.05) is 0 Å². The normalized spacial score (nSPS) is 22.1. The fraction of sp³-hybridized carbons (Fsp3) is 0.571. The highest BCUT2D eigenvalue weighted by Gasteiger charge is 2.60. The molecule has 0 spiro atoms. The minimum absolute atomic E-state index is 0.0878. The SMILES string of the molecule is CC(C)Nc1ccn([C@@H]2O[C@H](COP(=O)(NC(C)C(=O)OC(C)C)OC(C)C(=O)OCc3ccccc3)[C@@H](O)C2(F)F)c(=O)n1. The van der Waals surface area contributed by atoms with Gasteiger partial charge in [0.1, 0.15) is 24.6 Å². The molecule has 1 aliphatic heterocycles. The summed E-state index contributed by atoms with van der Waals surface area (Å²) in [4.78, 5) is 41.3. The van der Waals surface area contributed by atoms with Gasteiger partial charge in [-0.1, -0.05) is 30.3 Å². The number of aliphatic hydroxyl groups excluding tert-OH is 1. The first-order valence-corrected chi connectivity index (χ1v) is 15.8. The van der Waals surface area contributed by atoms with Gasteiger partial charge in [-0.15, -0.1) is 0 Å². The van der Waals surface area contributed by atoms with Crippen molar-refractivity contribution in [2.75, 3.05) is 11.9 Å². The highest BCUT2D eigenvalue weighted by atomic mass is 31.2. The molecule has 0 radical (unpaired) electrons. The Morgan fingerprint density at radius 2 is 1.78 bits per heavy atom. The fourth-order valence-corrected chi connectivity index (χ4v) is 5.69. The summed E-state index contributed by atoms with van der Waals surface area (Å²) in [6, 6.07) is 8.59. The molecule has 1 fully saturated rings. The Kier molecular flexibility index (Phi) is 12.3. The van der Waals surface area contributed by atoms with Crippen LogP contribution in [0.4, 0.5) is 14.6 Å². The molecule has 0 aliphatic carbocycles. The van der Waals surface area contributed by atoms with E-state index < -0.39 is 74.6 Å². The molecule has 14 nitrogen and oxygen atoms in total. The van der Waals surface area contributed by atoms with Crippen LogP contribution in [-0.4, -0.2) is 75.6 Å². The Morgan fingerprint density at radius 3 is 2.38 bits per heavy atom. The second-order valence-electron chi connectivity index (χ2n) is 10.9. The predicted octanol–water partition coefficient (Wildman–Crippen LogP) is 3.16. The lowest BCUT2D eigenvalue weighted by molar-refractivity contribution is -0.153. The molecule has 3 N–H and O–H groups in total.